The summed E-state index contributed by atoms with van der Waals surface area (Å²) in [5.74, 6) is 0.661. The molecule has 0 aliphatic rings. The molecular formula is C10H12N4O. The molecule has 0 bridgehead atoms. The Morgan fingerprint density at radius 2 is 2.20 bits per heavy atom. The molecule has 2 heterocycles. The molecule has 0 aromatic carbocycles. The standard InChI is InChI=1S/C10H12N4O/c1-7-8(5-14(2)13-7)10-9(15-3)4-11-6-12-10/h4-6H,1-3H3. The number of nitrogens with zero attached hydrogens (tertiary/aromatic N) is 4. The van der Waals surface area contributed by atoms with Crippen LogP contribution >= 0.6 is 0 Å². The maximum absolute atomic E-state index is 5.20. The lowest BCUT2D eigenvalue weighted by molar-refractivity contribution is 0.412. The van der Waals surface area contributed by atoms with E-state index in [1.807, 2.05) is 20.2 Å². The van der Waals surface area contributed by atoms with Crippen molar-refractivity contribution in [2.75, 3.05) is 7.11 Å². The van der Waals surface area contributed by atoms with Crippen molar-refractivity contribution in [2.24, 2.45) is 7.05 Å². The zero-order valence-electron chi connectivity index (χ0n) is 8.93. The number of rotatable bonds is 2. The Balaban J connectivity index is 2.58. The smallest absolute Gasteiger partial charge is 0.163 e. The van der Waals surface area contributed by atoms with Gasteiger partial charge in [0.15, 0.2) is 5.75 Å². The molecule has 5 heteroatoms. The molecule has 0 aliphatic heterocycles. The first-order valence-corrected chi connectivity index (χ1v) is 4.57. The van der Waals surface area contributed by atoms with E-state index >= 15 is 0 Å². The van der Waals surface area contributed by atoms with Crippen LogP contribution in [-0.4, -0.2) is 26.9 Å². The van der Waals surface area contributed by atoms with Crippen molar-refractivity contribution in [1.29, 1.82) is 0 Å². The third-order valence-corrected chi connectivity index (χ3v) is 2.17. The summed E-state index contributed by atoms with van der Waals surface area (Å²) in [4.78, 5) is 8.12. The fourth-order valence-corrected chi connectivity index (χ4v) is 1.50. The predicted octanol–water partition coefficient (Wildman–Crippen LogP) is 1.19. The van der Waals surface area contributed by atoms with Crippen LogP contribution in [0, 0.1) is 6.92 Å². The summed E-state index contributed by atoms with van der Waals surface area (Å²) >= 11 is 0. The Labute approximate surface area is 87.7 Å². The van der Waals surface area contributed by atoms with Gasteiger partial charge < -0.3 is 4.74 Å². The highest BCUT2D eigenvalue weighted by molar-refractivity contribution is 5.66. The lowest BCUT2D eigenvalue weighted by Crippen LogP contribution is -1.92. The molecule has 78 valence electrons. The van der Waals surface area contributed by atoms with E-state index in [-0.39, 0.29) is 0 Å². The van der Waals surface area contributed by atoms with Gasteiger partial charge >= 0.3 is 0 Å². The van der Waals surface area contributed by atoms with Crippen LogP contribution in [0.1, 0.15) is 5.69 Å². The Kier molecular flexibility index (Phi) is 2.37. The van der Waals surface area contributed by atoms with Crippen molar-refractivity contribution < 1.29 is 4.74 Å². The molecule has 0 radical (unpaired) electrons. The normalized spacial score (nSPS) is 10.3. The molecule has 0 saturated heterocycles. The number of methoxy groups -OCH3 is 1. The lowest BCUT2D eigenvalue weighted by Gasteiger charge is -2.04. The van der Waals surface area contributed by atoms with Crippen molar-refractivity contribution in [3.05, 3.63) is 24.4 Å². The van der Waals surface area contributed by atoms with Gasteiger partial charge in [-0.15, -0.1) is 0 Å². The summed E-state index contributed by atoms with van der Waals surface area (Å²) < 4.78 is 6.96. The second kappa shape index (κ2) is 3.68. The van der Waals surface area contributed by atoms with Crippen LogP contribution in [0.2, 0.25) is 0 Å². The topological polar surface area (TPSA) is 52.8 Å². The van der Waals surface area contributed by atoms with Crippen LogP contribution in [-0.2, 0) is 7.05 Å². The monoisotopic (exact) mass is 204 g/mol. The van der Waals surface area contributed by atoms with Crippen molar-refractivity contribution in [2.45, 2.75) is 6.92 Å². The van der Waals surface area contributed by atoms with E-state index in [9.17, 15) is 0 Å². The van der Waals surface area contributed by atoms with Gasteiger partial charge in [0.1, 0.15) is 12.0 Å². The molecule has 2 aromatic heterocycles. The lowest BCUT2D eigenvalue weighted by atomic mass is 10.2. The molecule has 0 saturated carbocycles. The Morgan fingerprint density at radius 1 is 1.40 bits per heavy atom. The summed E-state index contributed by atoms with van der Waals surface area (Å²) in [6.07, 6.45) is 5.07. The Bertz CT molecular complexity index is 478. The van der Waals surface area contributed by atoms with Gasteiger partial charge in [-0.1, -0.05) is 0 Å². The van der Waals surface area contributed by atoms with Gasteiger partial charge in [0, 0.05) is 18.8 Å². The number of hydrogen-bond donors (Lipinski definition) is 0. The first-order chi connectivity index (χ1) is 7.22. The van der Waals surface area contributed by atoms with Crippen molar-refractivity contribution in [3.8, 4) is 17.0 Å². The van der Waals surface area contributed by atoms with Crippen molar-refractivity contribution in [3.63, 3.8) is 0 Å². The van der Waals surface area contributed by atoms with E-state index in [1.165, 1.54) is 6.33 Å². The van der Waals surface area contributed by atoms with E-state index in [0.29, 0.717) is 5.75 Å². The summed E-state index contributed by atoms with van der Waals surface area (Å²) in [6.45, 7) is 1.94. The first kappa shape index (κ1) is 9.64. The SMILES string of the molecule is COc1cncnc1-c1cn(C)nc1C. The summed E-state index contributed by atoms with van der Waals surface area (Å²) in [5.41, 5.74) is 2.67. The number of aryl methyl sites for hydroxylation is 2. The quantitative estimate of drug-likeness (QED) is 0.737. The minimum Gasteiger partial charge on any atom is -0.493 e. The molecule has 15 heavy (non-hydrogen) atoms. The van der Waals surface area contributed by atoms with Gasteiger partial charge in [-0.2, -0.15) is 5.10 Å². The summed E-state index contributed by atoms with van der Waals surface area (Å²) in [7, 11) is 3.48. The average molecular weight is 204 g/mol. The Hall–Kier alpha value is -1.91. The van der Waals surface area contributed by atoms with Crippen LogP contribution in [0.25, 0.3) is 11.3 Å². The maximum Gasteiger partial charge on any atom is 0.163 e. The fraction of sp³-hybridized carbons (Fsp3) is 0.300. The van der Waals surface area contributed by atoms with Gasteiger partial charge in [-0.25, -0.2) is 9.97 Å². The van der Waals surface area contributed by atoms with Crippen LogP contribution in [0.3, 0.4) is 0 Å². The van der Waals surface area contributed by atoms with E-state index in [0.717, 1.165) is 17.0 Å². The molecule has 0 N–H and O–H groups in total. The minimum absolute atomic E-state index is 0.661. The molecule has 2 rings (SSSR count). The van der Waals surface area contributed by atoms with E-state index in [4.69, 9.17) is 4.74 Å². The third kappa shape index (κ3) is 1.68. The molecule has 0 fully saturated rings. The highest BCUT2D eigenvalue weighted by Gasteiger charge is 2.12. The minimum atomic E-state index is 0.661. The zero-order valence-corrected chi connectivity index (χ0v) is 8.93. The van der Waals surface area contributed by atoms with Crippen LogP contribution in [0.15, 0.2) is 18.7 Å². The summed E-state index contributed by atoms with van der Waals surface area (Å²) in [6, 6.07) is 0. The van der Waals surface area contributed by atoms with Gasteiger partial charge in [0.25, 0.3) is 0 Å². The predicted molar refractivity (Wildman–Crippen MR) is 55.5 cm³/mol. The zero-order chi connectivity index (χ0) is 10.8. The largest absolute Gasteiger partial charge is 0.493 e. The summed E-state index contributed by atoms with van der Waals surface area (Å²) in [5, 5.41) is 4.26. The number of hydrogen-bond acceptors (Lipinski definition) is 4. The van der Waals surface area contributed by atoms with Crippen LogP contribution < -0.4 is 4.74 Å². The van der Waals surface area contributed by atoms with Crippen molar-refractivity contribution >= 4 is 0 Å². The third-order valence-electron chi connectivity index (χ3n) is 2.17. The van der Waals surface area contributed by atoms with E-state index in [2.05, 4.69) is 15.1 Å². The number of aromatic nitrogens is 4. The second-order valence-electron chi connectivity index (χ2n) is 3.24. The second-order valence-corrected chi connectivity index (χ2v) is 3.24. The van der Waals surface area contributed by atoms with Crippen LogP contribution in [0.4, 0.5) is 0 Å². The maximum atomic E-state index is 5.20. The average Bonchev–Trinajstić information content (AvgIpc) is 2.57. The molecule has 0 unspecified atom stereocenters. The molecule has 2 aromatic rings. The van der Waals surface area contributed by atoms with Gasteiger partial charge in [-0.3, -0.25) is 4.68 Å². The van der Waals surface area contributed by atoms with Gasteiger partial charge in [-0.05, 0) is 6.92 Å². The molecule has 0 spiro atoms. The van der Waals surface area contributed by atoms with Crippen molar-refractivity contribution in [1.82, 2.24) is 19.7 Å². The Morgan fingerprint density at radius 3 is 2.80 bits per heavy atom. The molecular weight excluding hydrogens is 192 g/mol. The van der Waals surface area contributed by atoms with E-state index in [1.54, 1.807) is 18.0 Å². The van der Waals surface area contributed by atoms with Gasteiger partial charge in [0.05, 0.1) is 19.0 Å². The van der Waals surface area contributed by atoms with Gasteiger partial charge in [0.2, 0.25) is 0 Å². The van der Waals surface area contributed by atoms with Crippen LogP contribution in [0.5, 0.6) is 5.75 Å². The molecule has 0 atom stereocenters. The molecule has 5 nitrogen and oxygen atoms in total. The number of ether oxygens (including phenoxy) is 1. The fourth-order valence-electron chi connectivity index (χ4n) is 1.50. The first-order valence-electron chi connectivity index (χ1n) is 4.57. The highest BCUT2D eigenvalue weighted by atomic mass is 16.5. The highest BCUT2D eigenvalue weighted by Crippen LogP contribution is 2.27. The van der Waals surface area contributed by atoms with E-state index < -0.39 is 0 Å². The molecule has 0 amide bonds. The molecule has 0 aliphatic carbocycles.